The molecule has 1 nitrogen and oxygen atoms in total. The van der Waals surface area contributed by atoms with Crippen LogP contribution in [0.25, 0.3) is 0 Å². The van der Waals surface area contributed by atoms with Crippen molar-refractivity contribution in [1.29, 1.82) is 0 Å². The highest BCUT2D eigenvalue weighted by Gasteiger charge is 2.14. The van der Waals surface area contributed by atoms with Gasteiger partial charge in [0.1, 0.15) is 5.82 Å². The van der Waals surface area contributed by atoms with Crippen LogP contribution in [0.2, 0.25) is 0 Å². The number of halogens is 3. The number of thiophene rings is 1. The van der Waals surface area contributed by atoms with Crippen molar-refractivity contribution in [2.45, 2.75) is 12.5 Å². The second-order valence-electron chi connectivity index (χ2n) is 3.67. The van der Waals surface area contributed by atoms with Gasteiger partial charge in [0, 0.05) is 31.8 Å². The van der Waals surface area contributed by atoms with E-state index in [0.717, 1.165) is 13.8 Å². The van der Waals surface area contributed by atoms with E-state index in [1.165, 1.54) is 6.07 Å². The second kappa shape index (κ2) is 5.61. The van der Waals surface area contributed by atoms with Gasteiger partial charge in [-0.2, -0.15) is 0 Å². The lowest BCUT2D eigenvalue weighted by Gasteiger charge is -2.12. The van der Waals surface area contributed by atoms with E-state index in [-0.39, 0.29) is 11.9 Å². The van der Waals surface area contributed by atoms with Crippen molar-refractivity contribution in [3.63, 3.8) is 0 Å². The minimum atomic E-state index is -0.331. The van der Waals surface area contributed by atoms with Crippen molar-refractivity contribution in [1.82, 2.24) is 0 Å². The SMILES string of the molecule is NC(Cc1sccc1Br)c1cc(Br)ccc1F. The molecule has 0 amide bonds. The molecule has 1 unspecified atom stereocenters. The fraction of sp³-hybridized carbons (Fsp3) is 0.167. The zero-order chi connectivity index (χ0) is 12.4. The summed E-state index contributed by atoms with van der Waals surface area (Å²) in [6.07, 6.45) is 0.631. The minimum Gasteiger partial charge on any atom is -0.324 e. The van der Waals surface area contributed by atoms with Crippen LogP contribution in [0.15, 0.2) is 38.6 Å². The Labute approximate surface area is 120 Å². The normalized spacial score (nSPS) is 12.7. The van der Waals surface area contributed by atoms with Crippen LogP contribution in [0.1, 0.15) is 16.5 Å². The van der Waals surface area contributed by atoms with E-state index in [0.29, 0.717) is 12.0 Å². The first kappa shape index (κ1) is 13.2. The Morgan fingerprint density at radius 2 is 2.06 bits per heavy atom. The molecular weight excluding hydrogens is 369 g/mol. The van der Waals surface area contributed by atoms with Crippen molar-refractivity contribution >= 4 is 43.2 Å². The van der Waals surface area contributed by atoms with E-state index in [2.05, 4.69) is 31.9 Å². The fourth-order valence-corrected chi connectivity index (χ4v) is 3.53. The van der Waals surface area contributed by atoms with E-state index in [9.17, 15) is 4.39 Å². The fourth-order valence-electron chi connectivity index (χ4n) is 1.58. The Kier molecular flexibility index (Phi) is 4.36. The lowest BCUT2D eigenvalue weighted by Crippen LogP contribution is -2.14. The summed E-state index contributed by atoms with van der Waals surface area (Å²) in [4.78, 5) is 1.14. The van der Waals surface area contributed by atoms with Gasteiger partial charge >= 0.3 is 0 Å². The summed E-state index contributed by atoms with van der Waals surface area (Å²) in [5, 5.41) is 1.99. The van der Waals surface area contributed by atoms with Gasteiger partial charge in [-0.25, -0.2) is 4.39 Å². The van der Waals surface area contributed by atoms with Gasteiger partial charge in [-0.1, -0.05) is 15.9 Å². The van der Waals surface area contributed by atoms with E-state index < -0.39 is 0 Å². The molecule has 0 aliphatic rings. The number of hydrogen-bond acceptors (Lipinski definition) is 2. The molecule has 1 heterocycles. The number of nitrogens with two attached hydrogens (primary N) is 1. The van der Waals surface area contributed by atoms with E-state index >= 15 is 0 Å². The van der Waals surface area contributed by atoms with Gasteiger partial charge in [0.25, 0.3) is 0 Å². The van der Waals surface area contributed by atoms with Crippen LogP contribution in [-0.4, -0.2) is 0 Å². The molecule has 90 valence electrons. The second-order valence-corrected chi connectivity index (χ2v) is 6.44. The summed E-state index contributed by atoms with van der Waals surface area (Å²) in [6.45, 7) is 0. The molecule has 0 radical (unpaired) electrons. The van der Waals surface area contributed by atoms with Crippen LogP contribution in [-0.2, 0) is 6.42 Å². The molecule has 2 aromatic rings. The third-order valence-corrected chi connectivity index (χ3v) is 4.90. The molecule has 17 heavy (non-hydrogen) atoms. The van der Waals surface area contributed by atoms with Crippen molar-refractivity contribution in [2.24, 2.45) is 5.73 Å². The number of benzene rings is 1. The van der Waals surface area contributed by atoms with Gasteiger partial charge < -0.3 is 5.73 Å². The van der Waals surface area contributed by atoms with Crippen LogP contribution < -0.4 is 5.73 Å². The smallest absolute Gasteiger partial charge is 0.128 e. The van der Waals surface area contributed by atoms with Crippen LogP contribution in [0.4, 0.5) is 4.39 Å². The van der Waals surface area contributed by atoms with Crippen molar-refractivity contribution in [3.05, 3.63) is 54.8 Å². The molecule has 5 heteroatoms. The molecular formula is C12H10Br2FNS. The molecule has 0 saturated heterocycles. The summed E-state index contributed by atoms with van der Waals surface area (Å²) < 4.78 is 15.5. The summed E-state index contributed by atoms with van der Waals surface area (Å²) in [5.41, 5.74) is 6.59. The quantitative estimate of drug-likeness (QED) is 0.826. The van der Waals surface area contributed by atoms with E-state index in [1.54, 1.807) is 23.5 Å². The Morgan fingerprint density at radius 3 is 2.71 bits per heavy atom. The lowest BCUT2D eigenvalue weighted by molar-refractivity contribution is 0.581. The predicted molar refractivity (Wildman–Crippen MR) is 76.8 cm³/mol. The first-order valence-corrected chi connectivity index (χ1v) is 7.47. The van der Waals surface area contributed by atoms with Crippen LogP contribution in [0.5, 0.6) is 0 Å². The third kappa shape index (κ3) is 3.16. The van der Waals surface area contributed by atoms with Gasteiger partial charge in [-0.3, -0.25) is 0 Å². The molecule has 0 aliphatic heterocycles. The summed E-state index contributed by atoms with van der Waals surface area (Å²) in [7, 11) is 0. The third-order valence-electron chi connectivity index (χ3n) is 2.45. The van der Waals surface area contributed by atoms with Crippen LogP contribution in [0, 0.1) is 5.82 Å². The number of rotatable bonds is 3. The standard InChI is InChI=1S/C12H10Br2FNS/c13-7-1-2-10(15)8(5-7)11(16)6-12-9(14)3-4-17-12/h1-5,11H,6,16H2. The molecule has 2 rings (SSSR count). The topological polar surface area (TPSA) is 26.0 Å². The zero-order valence-electron chi connectivity index (χ0n) is 8.79. The molecule has 0 fully saturated rings. The highest BCUT2D eigenvalue weighted by Crippen LogP contribution is 2.29. The molecule has 1 aromatic heterocycles. The maximum Gasteiger partial charge on any atom is 0.128 e. The average Bonchev–Trinajstić information content (AvgIpc) is 2.68. The van der Waals surface area contributed by atoms with Crippen molar-refractivity contribution in [3.8, 4) is 0 Å². The Balaban J connectivity index is 2.23. The first-order valence-electron chi connectivity index (χ1n) is 5.00. The van der Waals surface area contributed by atoms with Gasteiger partial charge in [-0.15, -0.1) is 11.3 Å². The Bertz CT molecular complexity index is 527. The molecule has 0 spiro atoms. The van der Waals surface area contributed by atoms with Gasteiger partial charge in [0.15, 0.2) is 0 Å². The molecule has 0 aliphatic carbocycles. The minimum absolute atomic E-state index is 0.256. The predicted octanol–water partition coefficient (Wildman–Crippen LogP) is 4.65. The first-order chi connectivity index (χ1) is 8.08. The molecule has 0 bridgehead atoms. The highest BCUT2D eigenvalue weighted by atomic mass is 79.9. The molecule has 2 N–H and O–H groups in total. The highest BCUT2D eigenvalue weighted by molar-refractivity contribution is 9.10. The van der Waals surface area contributed by atoms with E-state index in [4.69, 9.17) is 5.73 Å². The van der Waals surface area contributed by atoms with Crippen molar-refractivity contribution < 1.29 is 4.39 Å². The average molecular weight is 379 g/mol. The molecule has 1 aromatic carbocycles. The zero-order valence-corrected chi connectivity index (χ0v) is 12.8. The molecule has 0 saturated carbocycles. The maximum absolute atomic E-state index is 13.6. The summed E-state index contributed by atoms with van der Waals surface area (Å²) in [5.74, 6) is -0.256. The van der Waals surface area contributed by atoms with Gasteiger partial charge in [-0.05, 0) is 45.6 Å². The van der Waals surface area contributed by atoms with Crippen LogP contribution >= 0.6 is 43.2 Å². The van der Waals surface area contributed by atoms with Gasteiger partial charge in [0.2, 0.25) is 0 Å². The monoisotopic (exact) mass is 377 g/mol. The maximum atomic E-state index is 13.6. The molecule has 1 atom stereocenters. The number of hydrogen-bond donors (Lipinski definition) is 1. The van der Waals surface area contributed by atoms with Crippen LogP contribution in [0.3, 0.4) is 0 Å². The largest absolute Gasteiger partial charge is 0.324 e. The Morgan fingerprint density at radius 1 is 1.29 bits per heavy atom. The summed E-state index contributed by atoms with van der Waals surface area (Å²) >= 11 is 8.40. The van der Waals surface area contributed by atoms with E-state index in [1.807, 2.05) is 11.4 Å². The van der Waals surface area contributed by atoms with Gasteiger partial charge in [0.05, 0.1) is 0 Å². The summed E-state index contributed by atoms with van der Waals surface area (Å²) in [6, 6.07) is 6.49. The Hall–Kier alpha value is -0.230. The lowest BCUT2D eigenvalue weighted by atomic mass is 10.0. The van der Waals surface area contributed by atoms with Crippen molar-refractivity contribution in [2.75, 3.05) is 0 Å².